The van der Waals surface area contributed by atoms with Crippen LogP contribution in [0.2, 0.25) is 0 Å². The average Bonchev–Trinajstić information content (AvgIpc) is 2.62. The van der Waals surface area contributed by atoms with Crippen molar-refractivity contribution in [3.63, 3.8) is 0 Å². The minimum Gasteiger partial charge on any atom is -0.324 e. The van der Waals surface area contributed by atoms with Gasteiger partial charge in [0.25, 0.3) is 5.91 Å². The zero-order valence-corrected chi connectivity index (χ0v) is 14.5. The highest BCUT2D eigenvalue weighted by atomic mass is 16.2. The number of aryl methyl sites for hydroxylation is 1. The number of likely N-dealkylation sites (N-methyl/N-ethyl adjacent to an activating group) is 1. The smallest absolute Gasteiger partial charge is 0.282 e. The third-order valence-electron chi connectivity index (χ3n) is 4.33. The Balaban J connectivity index is 1.94. The lowest BCUT2D eigenvalue weighted by Gasteiger charge is -2.21. The Hall–Kier alpha value is -2.64. The predicted molar refractivity (Wildman–Crippen MR) is 95.7 cm³/mol. The van der Waals surface area contributed by atoms with Crippen LogP contribution in [0.3, 0.4) is 0 Å². The van der Waals surface area contributed by atoms with Crippen molar-refractivity contribution in [3.05, 3.63) is 65.2 Å². The third-order valence-corrected chi connectivity index (χ3v) is 4.33. The number of anilines is 1. The van der Waals surface area contributed by atoms with E-state index in [4.69, 9.17) is 5.26 Å². The highest BCUT2D eigenvalue weighted by Gasteiger charge is 2.22. The summed E-state index contributed by atoms with van der Waals surface area (Å²) in [5, 5.41) is 11.7. The summed E-state index contributed by atoms with van der Waals surface area (Å²) in [5.74, 6) is -0.0256. The molecule has 2 rings (SSSR count). The van der Waals surface area contributed by atoms with Crippen molar-refractivity contribution in [2.75, 3.05) is 12.4 Å². The molecule has 0 radical (unpaired) electrons. The molecule has 1 unspecified atom stereocenters. The molecule has 0 aliphatic carbocycles. The molecule has 124 valence electrons. The number of nitrogens with one attached hydrogen (secondary N) is 2. The monoisotopic (exact) mass is 322 g/mol. The molecule has 0 aliphatic rings. The van der Waals surface area contributed by atoms with Crippen LogP contribution in [0.15, 0.2) is 48.5 Å². The number of carbonyl (C=O) groups excluding carboxylic acids is 1. The van der Waals surface area contributed by atoms with Gasteiger partial charge in [-0.25, -0.2) is 0 Å². The topological polar surface area (TPSA) is 57.3 Å². The van der Waals surface area contributed by atoms with Gasteiger partial charge in [0, 0.05) is 11.3 Å². The fourth-order valence-corrected chi connectivity index (χ4v) is 2.47. The lowest BCUT2D eigenvalue weighted by Crippen LogP contribution is -3.12. The Morgan fingerprint density at radius 2 is 1.71 bits per heavy atom. The number of nitriles is 1. The van der Waals surface area contributed by atoms with Gasteiger partial charge < -0.3 is 10.2 Å². The molecule has 0 saturated heterocycles. The van der Waals surface area contributed by atoms with Crippen LogP contribution in [-0.2, 0) is 17.8 Å². The third kappa shape index (κ3) is 4.68. The number of carbonyl (C=O) groups is 1. The second-order valence-electron chi connectivity index (χ2n) is 6.09. The van der Waals surface area contributed by atoms with E-state index < -0.39 is 0 Å². The second-order valence-corrected chi connectivity index (χ2v) is 6.09. The van der Waals surface area contributed by atoms with Crippen molar-refractivity contribution < 1.29 is 9.69 Å². The van der Waals surface area contributed by atoms with E-state index in [0.717, 1.165) is 17.9 Å². The van der Waals surface area contributed by atoms with Gasteiger partial charge in [0.15, 0.2) is 6.04 Å². The Bertz CT molecular complexity index is 714. The van der Waals surface area contributed by atoms with Gasteiger partial charge in [0.1, 0.15) is 6.54 Å². The van der Waals surface area contributed by atoms with Crippen LogP contribution in [0.4, 0.5) is 5.69 Å². The van der Waals surface area contributed by atoms with Crippen molar-refractivity contribution in [1.29, 1.82) is 5.26 Å². The van der Waals surface area contributed by atoms with Crippen LogP contribution in [0.25, 0.3) is 0 Å². The highest BCUT2D eigenvalue weighted by molar-refractivity contribution is 5.93. The summed E-state index contributed by atoms with van der Waals surface area (Å²) in [6, 6.07) is 17.3. The minimum absolute atomic E-state index is 0.0256. The van der Waals surface area contributed by atoms with E-state index in [1.54, 1.807) is 24.3 Å². The molecule has 0 aliphatic heterocycles. The molecule has 24 heavy (non-hydrogen) atoms. The van der Waals surface area contributed by atoms with Crippen LogP contribution in [0, 0.1) is 11.3 Å². The van der Waals surface area contributed by atoms with E-state index in [1.807, 2.05) is 14.0 Å². The zero-order chi connectivity index (χ0) is 17.5. The lowest BCUT2D eigenvalue weighted by molar-refractivity contribution is -0.907. The summed E-state index contributed by atoms with van der Waals surface area (Å²) >= 11 is 0. The number of hydrogen-bond acceptors (Lipinski definition) is 2. The molecule has 2 N–H and O–H groups in total. The van der Waals surface area contributed by atoms with Crippen LogP contribution in [0.5, 0.6) is 0 Å². The molecule has 2 atom stereocenters. The second kappa shape index (κ2) is 8.28. The first-order valence-corrected chi connectivity index (χ1v) is 8.24. The van der Waals surface area contributed by atoms with Gasteiger partial charge >= 0.3 is 0 Å². The maximum absolute atomic E-state index is 12.4. The van der Waals surface area contributed by atoms with Gasteiger partial charge in [-0.15, -0.1) is 0 Å². The van der Waals surface area contributed by atoms with E-state index in [0.29, 0.717) is 11.3 Å². The first kappa shape index (κ1) is 17.7. The fraction of sp³-hybridized carbons (Fsp3) is 0.300. The molecular weight excluding hydrogens is 298 g/mol. The molecule has 0 fully saturated rings. The highest BCUT2D eigenvalue weighted by Crippen LogP contribution is 2.09. The quantitative estimate of drug-likeness (QED) is 0.856. The molecule has 0 aromatic heterocycles. The summed E-state index contributed by atoms with van der Waals surface area (Å²) in [7, 11) is 2.02. The maximum atomic E-state index is 12.4. The summed E-state index contributed by atoms with van der Waals surface area (Å²) in [6.45, 7) is 4.86. The standard InChI is InChI=1S/C20H23N3O/c1-4-16-5-7-18(8-6-16)14-23(3)15(2)20(24)22-19-11-9-17(13-21)10-12-19/h5-12,15H,4,14H2,1-3H3,(H,22,24)/p+1/t15-/m0/s1. The van der Waals surface area contributed by atoms with E-state index in [2.05, 4.69) is 42.6 Å². The molecule has 0 saturated carbocycles. The fourth-order valence-electron chi connectivity index (χ4n) is 2.47. The SMILES string of the molecule is CCc1ccc(C[NH+](C)[C@@H](C)C(=O)Nc2ccc(C#N)cc2)cc1. The first-order chi connectivity index (χ1) is 11.5. The molecule has 0 spiro atoms. The Morgan fingerprint density at radius 1 is 1.12 bits per heavy atom. The minimum atomic E-state index is -0.175. The number of rotatable bonds is 6. The van der Waals surface area contributed by atoms with Crippen molar-refractivity contribution >= 4 is 11.6 Å². The Kier molecular flexibility index (Phi) is 6.11. The molecule has 4 heteroatoms. The number of benzene rings is 2. The summed E-state index contributed by atoms with van der Waals surface area (Å²) < 4.78 is 0. The van der Waals surface area contributed by atoms with Crippen molar-refractivity contribution in [3.8, 4) is 6.07 Å². The number of amides is 1. The van der Waals surface area contributed by atoms with E-state index in [9.17, 15) is 4.79 Å². The lowest BCUT2D eigenvalue weighted by atomic mass is 10.1. The van der Waals surface area contributed by atoms with Gasteiger partial charge in [0.05, 0.1) is 18.7 Å². The van der Waals surface area contributed by atoms with Crippen LogP contribution in [0.1, 0.15) is 30.5 Å². The summed E-state index contributed by atoms with van der Waals surface area (Å²) in [6.07, 6.45) is 1.03. The van der Waals surface area contributed by atoms with E-state index >= 15 is 0 Å². The largest absolute Gasteiger partial charge is 0.324 e. The van der Waals surface area contributed by atoms with E-state index in [1.165, 1.54) is 11.1 Å². The normalized spacial score (nSPS) is 12.9. The van der Waals surface area contributed by atoms with Gasteiger partial charge in [-0.1, -0.05) is 31.2 Å². The molecule has 2 aromatic rings. The molecule has 4 nitrogen and oxygen atoms in total. The van der Waals surface area contributed by atoms with Crippen molar-refractivity contribution in [2.45, 2.75) is 32.9 Å². The summed E-state index contributed by atoms with van der Waals surface area (Å²) in [4.78, 5) is 13.5. The van der Waals surface area contributed by atoms with Crippen LogP contribution in [-0.4, -0.2) is 19.0 Å². The Labute approximate surface area is 143 Å². The number of nitrogens with zero attached hydrogens (tertiary/aromatic N) is 1. The van der Waals surface area contributed by atoms with Crippen LogP contribution < -0.4 is 10.2 Å². The van der Waals surface area contributed by atoms with Gasteiger partial charge in [-0.2, -0.15) is 5.26 Å². The molecule has 2 aromatic carbocycles. The van der Waals surface area contributed by atoms with Gasteiger partial charge in [-0.05, 0) is 43.2 Å². The molecule has 0 bridgehead atoms. The van der Waals surface area contributed by atoms with Gasteiger partial charge in [-0.3, -0.25) is 4.79 Å². The van der Waals surface area contributed by atoms with E-state index in [-0.39, 0.29) is 11.9 Å². The molecule has 1 amide bonds. The number of hydrogen-bond donors (Lipinski definition) is 2. The zero-order valence-electron chi connectivity index (χ0n) is 14.5. The summed E-state index contributed by atoms with van der Waals surface area (Å²) in [5.41, 5.74) is 3.84. The van der Waals surface area contributed by atoms with Crippen molar-refractivity contribution in [1.82, 2.24) is 0 Å². The number of quaternary nitrogens is 1. The van der Waals surface area contributed by atoms with Crippen molar-refractivity contribution in [2.24, 2.45) is 0 Å². The molecular formula is C20H24N3O+. The van der Waals surface area contributed by atoms with Crippen LogP contribution >= 0.6 is 0 Å². The molecule has 0 heterocycles. The van der Waals surface area contributed by atoms with Gasteiger partial charge in [0.2, 0.25) is 0 Å². The predicted octanol–water partition coefficient (Wildman–Crippen LogP) is 2.16. The first-order valence-electron chi connectivity index (χ1n) is 8.24. The Morgan fingerprint density at radius 3 is 2.25 bits per heavy atom. The maximum Gasteiger partial charge on any atom is 0.282 e. The average molecular weight is 322 g/mol.